The van der Waals surface area contributed by atoms with Crippen LogP contribution in [0.2, 0.25) is 0 Å². The minimum atomic E-state index is 0.754. The fourth-order valence-electron chi connectivity index (χ4n) is 1.52. The maximum Gasteiger partial charge on any atom is 0.150 e. The summed E-state index contributed by atoms with van der Waals surface area (Å²) in [5.41, 5.74) is 2.23. The number of benzene rings is 1. The van der Waals surface area contributed by atoms with Crippen molar-refractivity contribution in [3.8, 4) is 0 Å². The number of hydrogen-bond acceptors (Lipinski definition) is 4. The van der Waals surface area contributed by atoms with Crippen molar-refractivity contribution in [1.82, 2.24) is 9.97 Å². The highest BCUT2D eigenvalue weighted by Gasteiger charge is 2.07. The number of hydrogen-bond donors (Lipinski definition) is 2. The van der Waals surface area contributed by atoms with E-state index >= 15 is 0 Å². The van der Waals surface area contributed by atoms with Gasteiger partial charge in [-0.2, -0.15) is 0 Å². The van der Waals surface area contributed by atoms with Crippen LogP contribution in [0.3, 0.4) is 0 Å². The second-order valence-electron chi connectivity index (χ2n) is 3.91. The van der Waals surface area contributed by atoms with Crippen molar-refractivity contribution >= 4 is 33.3 Å². The minimum Gasteiger partial charge on any atom is -0.369 e. The van der Waals surface area contributed by atoms with Crippen molar-refractivity contribution < 1.29 is 0 Å². The van der Waals surface area contributed by atoms with Gasteiger partial charge in [0.05, 0.1) is 0 Å². The third-order valence-electron chi connectivity index (χ3n) is 2.45. The molecule has 0 bridgehead atoms. The number of rotatable bonds is 4. The molecule has 2 N–H and O–H groups in total. The van der Waals surface area contributed by atoms with E-state index in [1.165, 1.54) is 5.56 Å². The first-order chi connectivity index (χ1) is 8.70. The minimum absolute atomic E-state index is 0.754. The number of anilines is 3. The van der Waals surface area contributed by atoms with Crippen LogP contribution in [0.25, 0.3) is 0 Å². The van der Waals surface area contributed by atoms with Gasteiger partial charge in [-0.25, -0.2) is 9.97 Å². The van der Waals surface area contributed by atoms with Crippen molar-refractivity contribution in [2.45, 2.75) is 13.8 Å². The normalized spacial score (nSPS) is 10.2. The fourth-order valence-corrected chi connectivity index (χ4v) is 1.97. The molecule has 0 fully saturated rings. The van der Waals surface area contributed by atoms with E-state index in [9.17, 15) is 0 Å². The Morgan fingerprint density at radius 1 is 1.11 bits per heavy atom. The van der Waals surface area contributed by atoms with Crippen molar-refractivity contribution in [2.75, 3.05) is 17.2 Å². The van der Waals surface area contributed by atoms with Crippen molar-refractivity contribution in [3.05, 3.63) is 40.6 Å². The summed E-state index contributed by atoms with van der Waals surface area (Å²) in [4.78, 5) is 8.41. The molecule has 0 aliphatic heterocycles. The summed E-state index contributed by atoms with van der Waals surface area (Å²) >= 11 is 3.50. The molecule has 94 valence electrons. The lowest BCUT2D eigenvalue weighted by Crippen LogP contribution is -2.03. The molecule has 0 radical (unpaired) electrons. The van der Waals surface area contributed by atoms with Gasteiger partial charge in [-0.05, 0) is 41.9 Å². The highest BCUT2D eigenvalue weighted by molar-refractivity contribution is 9.10. The van der Waals surface area contributed by atoms with E-state index in [-0.39, 0.29) is 0 Å². The molecule has 2 aromatic rings. The van der Waals surface area contributed by atoms with E-state index < -0.39 is 0 Å². The second-order valence-corrected chi connectivity index (χ2v) is 4.70. The molecular weight excluding hydrogens is 292 g/mol. The molecule has 1 aromatic heterocycles. The number of nitrogens with one attached hydrogen (secondary N) is 2. The Morgan fingerprint density at radius 3 is 2.44 bits per heavy atom. The van der Waals surface area contributed by atoms with Crippen LogP contribution in [0.15, 0.2) is 35.1 Å². The summed E-state index contributed by atoms with van der Waals surface area (Å²) in [6, 6.07) is 8.17. The van der Waals surface area contributed by atoms with Crippen molar-refractivity contribution in [3.63, 3.8) is 0 Å². The predicted octanol–water partition coefficient (Wildman–Crippen LogP) is 3.72. The van der Waals surface area contributed by atoms with Crippen LogP contribution in [-0.4, -0.2) is 16.5 Å². The number of aromatic nitrogens is 2. The maximum absolute atomic E-state index is 4.23. The van der Waals surface area contributed by atoms with E-state index in [0.29, 0.717) is 0 Å². The number of nitrogens with zero attached hydrogens (tertiary/aromatic N) is 2. The summed E-state index contributed by atoms with van der Waals surface area (Å²) in [6.45, 7) is 4.91. The van der Waals surface area contributed by atoms with E-state index in [1.54, 1.807) is 6.33 Å². The lowest BCUT2D eigenvalue weighted by atomic mass is 10.2. The SMILES string of the molecule is CCNc1ncnc(Nc2ccc(C)cc2)c1Br. The first-order valence-electron chi connectivity index (χ1n) is 5.78. The van der Waals surface area contributed by atoms with Gasteiger partial charge in [0, 0.05) is 12.2 Å². The van der Waals surface area contributed by atoms with Gasteiger partial charge >= 0.3 is 0 Å². The number of aryl methyl sites for hydroxylation is 1. The summed E-state index contributed by atoms with van der Waals surface area (Å²) in [5, 5.41) is 6.43. The van der Waals surface area contributed by atoms with Crippen LogP contribution in [0.4, 0.5) is 17.3 Å². The third kappa shape index (κ3) is 2.98. The molecule has 0 atom stereocenters. The van der Waals surface area contributed by atoms with Crippen LogP contribution in [0, 0.1) is 6.92 Å². The topological polar surface area (TPSA) is 49.8 Å². The molecule has 0 aliphatic rings. The number of halogens is 1. The van der Waals surface area contributed by atoms with E-state index in [1.807, 2.05) is 19.1 Å². The first kappa shape index (κ1) is 12.8. The fraction of sp³-hybridized carbons (Fsp3) is 0.231. The zero-order valence-corrected chi connectivity index (χ0v) is 12.0. The largest absolute Gasteiger partial charge is 0.369 e. The predicted molar refractivity (Wildman–Crippen MR) is 78.4 cm³/mol. The molecule has 4 nitrogen and oxygen atoms in total. The smallest absolute Gasteiger partial charge is 0.150 e. The lowest BCUT2D eigenvalue weighted by molar-refractivity contribution is 1.10. The van der Waals surface area contributed by atoms with Gasteiger partial charge in [-0.15, -0.1) is 0 Å². The Bertz CT molecular complexity index is 525. The summed E-state index contributed by atoms with van der Waals surface area (Å²) in [5.74, 6) is 1.55. The molecule has 0 spiro atoms. The molecular formula is C13H15BrN4. The van der Waals surface area contributed by atoms with Gasteiger partial charge in [0.1, 0.15) is 22.4 Å². The molecule has 0 aliphatic carbocycles. The van der Waals surface area contributed by atoms with Crippen LogP contribution >= 0.6 is 15.9 Å². The van der Waals surface area contributed by atoms with Crippen molar-refractivity contribution in [2.24, 2.45) is 0 Å². The molecule has 18 heavy (non-hydrogen) atoms. The highest BCUT2D eigenvalue weighted by Crippen LogP contribution is 2.28. The average molecular weight is 307 g/mol. The van der Waals surface area contributed by atoms with E-state index in [4.69, 9.17) is 0 Å². The second kappa shape index (κ2) is 5.82. The molecule has 1 aromatic carbocycles. The zero-order valence-electron chi connectivity index (χ0n) is 10.4. The molecule has 0 unspecified atom stereocenters. The van der Waals surface area contributed by atoms with Gasteiger partial charge in [0.15, 0.2) is 0 Å². The Morgan fingerprint density at radius 2 is 1.78 bits per heavy atom. The summed E-state index contributed by atoms with van der Waals surface area (Å²) in [7, 11) is 0. The van der Waals surface area contributed by atoms with Crippen LogP contribution < -0.4 is 10.6 Å². The van der Waals surface area contributed by atoms with Crippen LogP contribution in [0.1, 0.15) is 12.5 Å². The summed E-state index contributed by atoms with van der Waals surface area (Å²) in [6.07, 6.45) is 1.54. The van der Waals surface area contributed by atoms with Crippen LogP contribution in [0.5, 0.6) is 0 Å². The Labute approximate surface area is 115 Å². The third-order valence-corrected chi connectivity index (χ3v) is 3.20. The molecule has 1 heterocycles. The molecule has 0 saturated heterocycles. The standard InChI is InChI=1S/C13H15BrN4/c1-3-15-12-11(14)13(17-8-16-12)18-10-6-4-9(2)5-7-10/h4-8H,3H2,1-2H3,(H2,15,16,17,18). The van der Waals surface area contributed by atoms with Gasteiger partial charge < -0.3 is 10.6 Å². The quantitative estimate of drug-likeness (QED) is 0.904. The Hall–Kier alpha value is -1.62. The highest BCUT2D eigenvalue weighted by atomic mass is 79.9. The first-order valence-corrected chi connectivity index (χ1v) is 6.58. The zero-order chi connectivity index (χ0) is 13.0. The monoisotopic (exact) mass is 306 g/mol. The van der Waals surface area contributed by atoms with E-state index in [0.717, 1.165) is 28.3 Å². The average Bonchev–Trinajstić information content (AvgIpc) is 2.37. The van der Waals surface area contributed by atoms with Crippen LogP contribution in [-0.2, 0) is 0 Å². The van der Waals surface area contributed by atoms with Crippen molar-refractivity contribution in [1.29, 1.82) is 0 Å². The molecule has 0 saturated carbocycles. The van der Waals surface area contributed by atoms with Gasteiger partial charge in [-0.3, -0.25) is 0 Å². The Balaban J connectivity index is 2.23. The molecule has 2 rings (SSSR count). The van der Waals surface area contributed by atoms with Gasteiger partial charge in [0.25, 0.3) is 0 Å². The molecule has 0 amide bonds. The Kier molecular flexibility index (Phi) is 4.15. The van der Waals surface area contributed by atoms with Gasteiger partial charge in [-0.1, -0.05) is 17.7 Å². The maximum atomic E-state index is 4.23. The van der Waals surface area contributed by atoms with Gasteiger partial charge in [0.2, 0.25) is 0 Å². The summed E-state index contributed by atoms with van der Waals surface area (Å²) < 4.78 is 0.840. The lowest BCUT2D eigenvalue weighted by Gasteiger charge is -2.10. The molecule has 5 heteroatoms. The van der Waals surface area contributed by atoms with E-state index in [2.05, 4.69) is 55.6 Å².